The van der Waals surface area contributed by atoms with E-state index in [0.717, 1.165) is 26.1 Å². The summed E-state index contributed by atoms with van der Waals surface area (Å²) in [6.07, 6.45) is 2.15. The van der Waals surface area contributed by atoms with Gasteiger partial charge in [0.05, 0.1) is 0 Å². The van der Waals surface area contributed by atoms with Crippen LogP contribution in [-0.4, -0.2) is 13.2 Å². The predicted octanol–water partition coefficient (Wildman–Crippen LogP) is 2.92. The Labute approximate surface area is 116 Å². The first-order valence-electron chi connectivity index (χ1n) is 7.17. The van der Waals surface area contributed by atoms with Crippen molar-refractivity contribution in [2.75, 3.05) is 13.2 Å². The molecule has 0 aromatic heterocycles. The third-order valence-corrected chi connectivity index (χ3v) is 4.02. The molecule has 1 aromatic carbocycles. The van der Waals surface area contributed by atoms with Crippen molar-refractivity contribution in [2.24, 2.45) is 11.8 Å². The highest BCUT2D eigenvalue weighted by atomic mass is 16.5. The van der Waals surface area contributed by atoms with Crippen LogP contribution in [0.3, 0.4) is 0 Å². The topological polar surface area (TPSA) is 47.3 Å². The fraction of sp³-hybridized carbons (Fsp3) is 0.625. The van der Waals surface area contributed by atoms with Gasteiger partial charge in [-0.2, -0.15) is 0 Å². The maximum atomic E-state index is 5.86. The van der Waals surface area contributed by atoms with Gasteiger partial charge in [0, 0.05) is 19.3 Å². The summed E-state index contributed by atoms with van der Waals surface area (Å²) in [7, 11) is 0. The van der Waals surface area contributed by atoms with Gasteiger partial charge in [0.1, 0.15) is 0 Å². The Morgan fingerprint density at radius 2 is 1.84 bits per heavy atom. The Hall–Kier alpha value is -0.900. The minimum absolute atomic E-state index is 0.136. The van der Waals surface area contributed by atoms with E-state index < -0.39 is 0 Å². The molecule has 0 saturated carbocycles. The highest BCUT2D eigenvalue weighted by Gasteiger charge is 2.28. The molecule has 1 aliphatic heterocycles. The maximum Gasteiger partial charge on any atom is 0.0492 e. The van der Waals surface area contributed by atoms with Crippen molar-refractivity contribution in [3.8, 4) is 0 Å². The van der Waals surface area contributed by atoms with Crippen molar-refractivity contribution in [2.45, 2.75) is 45.1 Å². The molecular formula is C16H26N2O. The molecule has 1 saturated heterocycles. The first-order valence-corrected chi connectivity index (χ1v) is 7.17. The number of hydrogen-bond donors (Lipinski definition) is 2. The summed E-state index contributed by atoms with van der Waals surface area (Å²) in [5, 5.41) is 0. The lowest BCUT2D eigenvalue weighted by molar-refractivity contribution is 0.0534. The van der Waals surface area contributed by atoms with Crippen molar-refractivity contribution >= 4 is 0 Å². The summed E-state index contributed by atoms with van der Waals surface area (Å²) < 4.78 is 5.46. The molecule has 0 amide bonds. The van der Waals surface area contributed by atoms with E-state index in [1.165, 1.54) is 11.1 Å². The fourth-order valence-electron chi connectivity index (χ4n) is 2.98. The van der Waals surface area contributed by atoms with Crippen LogP contribution >= 0.6 is 0 Å². The van der Waals surface area contributed by atoms with Crippen LogP contribution in [0.5, 0.6) is 0 Å². The molecule has 0 aliphatic carbocycles. The third-order valence-electron chi connectivity index (χ3n) is 4.02. The van der Waals surface area contributed by atoms with E-state index in [4.69, 9.17) is 10.6 Å². The minimum Gasteiger partial charge on any atom is -0.381 e. The number of rotatable bonds is 3. The van der Waals surface area contributed by atoms with Gasteiger partial charge in [-0.05, 0) is 35.3 Å². The summed E-state index contributed by atoms with van der Waals surface area (Å²) in [6.45, 7) is 8.46. The maximum absolute atomic E-state index is 5.86. The number of ether oxygens (including phenoxy) is 1. The van der Waals surface area contributed by atoms with Crippen molar-refractivity contribution in [1.29, 1.82) is 0 Å². The highest BCUT2D eigenvalue weighted by molar-refractivity contribution is 5.35. The Balaban J connectivity index is 2.32. The molecule has 2 rings (SSSR count). The smallest absolute Gasteiger partial charge is 0.0492 e. The number of hydrogen-bond acceptors (Lipinski definition) is 3. The molecule has 106 valence electrons. The van der Waals surface area contributed by atoms with Gasteiger partial charge in [0.25, 0.3) is 0 Å². The Morgan fingerprint density at radius 3 is 2.42 bits per heavy atom. The Kier molecular flexibility index (Phi) is 4.61. The van der Waals surface area contributed by atoms with Crippen LogP contribution in [0, 0.1) is 5.92 Å². The van der Waals surface area contributed by atoms with Crippen molar-refractivity contribution < 1.29 is 4.74 Å². The van der Waals surface area contributed by atoms with Crippen LogP contribution in [-0.2, 0) is 10.2 Å². The first-order chi connectivity index (χ1) is 9.04. The summed E-state index contributed by atoms with van der Waals surface area (Å²) in [6, 6.07) is 8.87. The molecule has 3 nitrogen and oxygen atoms in total. The average Bonchev–Trinajstić information content (AvgIpc) is 2.40. The van der Waals surface area contributed by atoms with E-state index in [1.54, 1.807) is 0 Å². The van der Waals surface area contributed by atoms with E-state index in [1.807, 2.05) is 0 Å². The van der Waals surface area contributed by atoms with Crippen LogP contribution in [0.4, 0.5) is 0 Å². The molecule has 1 unspecified atom stereocenters. The summed E-state index contributed by atoms with van der Waals surface area (Å²) in [5.41, 5.74) is 5.90. The Bertz CT molecular complexity index is 405. The summed E-state index contributed by atoms with van der Waals surface area (Å²) in [5.74, 6) is 6.41. The van der Waals surface area contributed by atoms with Gasteiger partial charge < -0.3 is 4.74 Å². The molecule has 1 aromatic rings. The van der Waals surface area contributed by atoms with Crippen LogP contribution in [0.1, 0.15) is 50.8 Å². The van der Waals surface area contributed by atoms with Crippen molar-refractivity contribution in [3.63, 3.8) is 0 Å². The Morgan fingerprint density at radius 1 is 1.21 bits per heavy atom. The first kappa shape index (κ1) is 14.5. The summed E-state index contributed by atoms with van der Waals surface area (Å²) in [4.78, 5) is 0. The van der Waals surface area contributed by atoms with Crippen LogP contribution < -0.4 is 11.3 Å². The third kappa shape index (κ3) is 3.35. The van der Waals surface area contributed by atoms with E-state index in [-0.39, 0.29) is 11.5 Å². The largest absolute Gasteiger partial charge is 0.381 e. The molecule has 0 bridgehead atoms. The second-order valence-corrected chi connectivity index (χ2v) is 6.43. The lowest BCUT2D eigenvalue weighted by atomic mass is 9.78. The predicted molar refractivity (Wildman–Crippen MR) is 78.7 cm³/mol. The zero-order chi connectivity index (χ0) is 13.9. The van der Waals surface area contributed by atoms with Crippen LogP contribution in [0.25, 0.3) is 0 Å². The number of hydrazine groups is 1. The van der Waals surface area contributed by atoms with Gasteiger partial charge in [0.2, 0.25) is 0 Å². The molecular weight excluding hydrogens is 236 g/mol. The van der Waals surface area contributed by atoms with Gasteiger partial charge in [-0.1, -0.05) is 45.0 Å². The van der Waals surface area contributed by atoms with Gasteiger partial charge in [-0.25, -0.2) is 0 Å². The molecule has 0 radical (unpaired) electrons. The number of benzene rings is 1. The molecule has 1 atom stereocenters. The number of nitrogens with two attached hydrogens (primary N) is 1. The van der Waals surface area contributed by atoms with E-state index in [9.17, 15) is 0 Å². The molecule has 1 fully saturated rings. The second kappa shape index (κ2) is 6.04. The minimum atomic E-state index is 0.136. The normalized spacial score (nSPS) is 19.4. The average molecular weight is 262 g/mol. The van der Waals surface area contributed by atoms with Crippen LogP contribution in [0.2, 0.25) is 0 Å². The zero-order valence-corrected chi connectivity index (χ0v) is 12.3. The van der Waals surface area contributed by atoms with E-state index >= 15 is 0 Å². The lowest BCUT2D eigenvalue weighted by Gasteiger charge is -2.33. The monoisotopic (exact) mass is 262 g/mol. The van der Waals surface area contributed by atoms with Crippen LogP contribution in [0.15, 0.2) is 24.3 Å². The quantitative estimate of drug-likeness (QED) is 0.650. The highest BCUT2D eigenvalue weighted by Crippen LogP contribution is 2.35. The van der Waals surface area contributed by atoms with E-state index in [2.05, 4.69) is 50.5 Å². The van der Waals surface area contributed by atoms with Gasteiger partial charge >= 0.3 is 0 Å². The number of nitrogens with one attached hydrogen (secondary N) is 1. The molecule has 1 aliphatic rings. The SMILES string of the molecule is CC(C)(C)c1ccccc1C(NN)C1CCOCC1. The molecule has 1 heterocycles. The molecule has 0 spiro atoms. The van der Waals surface area contributed by atoms with Crippen molar-refractivity contribution in [1.82, 2.24) is 5.43 Å². The van der Waals surface area contributed by atoms with E-state index in [0.29, 0.717) is 5.92 Å². The van der Waals surface area contributed by atoms with Gasteiger partial charge in [0.15, 0.2) is 0 Å². The van der Waals surface area contributed by atoms with Gasteiger partial charge in [-0.3, -0.25) is 11.3 Å². The summed E-state index contributed by atoms with van der Waals surface area (Å²) >= 11 is 0. The fourth-order valence-corrected chi connectivity index (χ4v) is 2.98. The molecule has 3 heteroatoms. The van der Waals surface area contributed by atoms with Gasteiger partial charge in [-0.15, -0.1) is 0 Å². The molecule has 19 heavy (non-hydrogen) atoms. The second-order valence-electron chi connectivity index (χ2n) is 6.43. The molecule has 3 N–H and O–H groups in total. The lowest BCUT2D eigenvalue weighted by Crippen LogP contribution is -2.37. The zero-order valence-electron chi connectivity index (χ0n) is 12.3. The van der Waals surface area contributed by atoms with Crippen molar-refractivity contribution in [3.05, 3.63) is 35.4 Å². The standard InChI is InChI=1S/C16H26N2O/c1-16(2,3)14-7-5-4-6-13(14)15(18-17)12-8-10-19-11-9-12/h4-7,12,15,18H,8-11,17H2,1-3H3.